The van der Waals surface area contributed by atoms with E-state index in [0.717, 1.165) is 5.56 Å². The Morgan fingerprint density at radius 2 is 1.92 bits per heavy atom. The van der Waals surface area contributed by atoms with E-state index in [9.17, 15) is 14.4 Å². The van der Waals surface area contributed by atoms with E-state index in [0.29, 0.717) is 5.52 Å². The number of methoxy groups -OCH3 is 1. The van der Waals surface area contributed by atoms with Crippen molar-refractivity contribution in [3.8, 4) is 0 Å². The molecule has 26 heavy (non-hydrogen) atoms. The molecule has 0 aliphatic rings. The molecule has 0 bridgehead atoms. The minimum Gasteiger partial charge on any atom is -0.465 e. The summed E-state index contributed by atoms with van der Waals surface area (Å²) in [4.78, 5) is 36.0. The second-order valence-corrected chi connectivity index (χ2v) is 5.83. The average Bonchev–Trinajstić information content (AvgIpc) is 2.96. The Labute approximate surface area is 149 Å². The van der Waals surface area contributed by atoms with Crippen LogP contribution in [0.2, 0.25) is 0 Å². The van der Waals surface area contributed by atoms with Gasteiger partial charge in [0.2, 0.25) is 5.91 Å². The van der Waals surface area contributed by atoms with Crippen LogP contribution in [0.15, 0.2) is 57.7 Å². The van der Waals surface area contributed by atoms with Gasteiger partial charge in [-0.25, -0.2) is 9.59 Å². The normalized spacial score (nSPS) is 11.9. The van der Waals surface area contributed by atoms with Gasteiger partial charge in [-0.1, -0.05) is 30.3 Å². The quantitative estimate of drug-likeness (QED) is 0.710. The first-order valence-electron chi connectivity index (χ1n) is 8.05. The molecule has 3 aromatic rings. The van der Waals surface area contributed by atoms with Crippen LogP contribution in [0.5, 0.6) is 0 Å². The van der Waals surface area contributed by atoms with E-state index >= 15 is 0 Å². The molecule has 2 aromatic carbocycles. The van der Waals surface area contributed by atoms with Gasteiger partial charge in [0.05, 0.1) is 24.2 Å². The van der Waals surface area contributed by atoms with Gasteiger partial charge in [-0.15, -0.1) is 0 Å². The molecule has 0 aliphatic heterocycles. The van der Waals surface area contributed by atoms with Crippen LogP contribution >= 0.6 is 0 Å². The Morgan fingerprint density at radius 1 is 1.19 bits per heavy atom. The fraction of sp³-hybridized carbons (Fsp3) is 0.211. The molecule has 0 fully saturated rings. The van der Waals surface area contributed by atoms with Crippen molar-refractivity contribution in [2.24, 2.45) is 0 Å². The highest BCUT2D eigenvalue weighted by molar-refractivity contribution is 5.93. The van der Waals surface area contributed by atoms with Gasteiger partial charge in [0.15, 0.2) is 5.58 Å². The summed E-state index contributed by atoms with van der Waals surface area (Å²) in [6.07, 6.45) is 0. The molecule has 1 aromatic heterocycles. The lowest BCUT2D eigenvalue weighted by Crippen LogP contribution is -2.32. The number of amides is 1. The third kappa shape index (κ3) is 3.51. The van der Waals surface area contributed by atoms with Crippen LogP contribution in [0.3, 0.4) is 0 Å². The molecular weight excluding hydrogens is 336 g/mol. The van der Waals surface area contributed by atoms with E-state index in [4.69, 9.17) is 4.42 Å². The second kappa shape index (κ2) is 7.26. The summed E-state index contributed by atoms with van der Waals surface area (Å²) < 4.78 is 11.0. The number of nitrogens with one attached hydrogen (secondary N) is 1. The van der Waals surface area contributed by atoms with Gasteiger partial charge < -0.3 is 14.5 Å². The lowest BCUT2D eigenvalue weighted by Gasteiger charge is -2.14. The molecule has 3 rings (SSSR count). The van der Waals surface area contributed by atoms with Crippen LogP contribution in [0.1, 0.15) is 28.9 Å². The fourth-order valence-corrected chi connectivity index (χ4v) is 2.72. The Balaban J connectivity index is 1.80. The number of hydrogen-bond acceptors (Lipinski definition) is 5. The third-order valence-electron chi connectivity index (χ3n) is 4.07. The molecular formula is C19H18N2O5. The number of aromatic nitrogens is 1. The minimum atomic E-state index is -0.662. The van der Waals surface area contributed by atoms with Crippen molar-refractivity contribution in [1.29, 1.82) is 0 Å². The Hall–Kier alpha value is -3.35. The number of ether oxygens (including phenoxy) is 1. The highest BCUT2D eigenvalue weighted by atomic mass is 16.5. The first-order chi connectivity index (χ1) is 12.5. The van der Waals surface area contributed by atoms with Crippen LogP contribution in [-0.2, 0) is 16.1 Å². The van der Waals surface area contributed by atoms with E-state index in [1.54, 1.807) is 6.07 Å². The van der Waals surface area contributed by atoms with Crippen molar-refractivity contribution in [3.05, 3.63) is 70.2 Å². The van der Waals surface area contributed by atoms with Gasteiger partial charge in [-0.3, -0.25) is 9.36 Å². The van der Waals surface area contributed by atoms with Gasteiger partial charge >= 0.3 is 11.7 Å². The summed E-state index contributed by atoms with van der Waals surface area (Å²) in [5, 5.41) is 2.85. The van der Waals surface area contributed by atoms with Gasteiger partial charge in [0.25, 0.3) is 0 Å². The Kier molecular flexibility index (Phi) is 4.88. The van der Waals surface area contributed by atoms with E-state index in [1.807, 2.05) is 37.3 Å². The fourth-order valence-electron chi connectivity index (χ4n) is 2.72. The summed E-state index contributed by atoms with van der Waals surface area (Å²) >= 11 is 0. The van der Waals surface area contributed by atoms with Crippen molar-refractivity contribution in [3.63, 3.8) is 0 Å². The van der Waals surface area contributed by atoms with E-state index in [-0.39, 0.29) is 29.6 Å². The lowest BCUT2D eigenvalue weighted by molar-refractivity contribution is -0.122. The van der Waals surface area contributed by atoms with Crippen LogP contribution in [0, 0.1) is 0 Å². The van der Waals surface area contributed by atoms with Gasteiger partial charge in [0, 0.05) is 0 Å². The molecule has 0 aliphatic carbocycles. The SMILES string of the molecule is COC(=O)c1ccc2c(c1)oc(=O)n2CC(=O)NC(C)c1ccccc1. The summed E-state index contributed by atoms with van der Waals surface area (Å²) in [5.41, 5.74) is 1.89. The van der Waals surface area contributed by atoms with Crippen LogP contribution in [-0.4, -0.2) is 23.6 Å². The number of benzene rings is 2. The van der Waals surface area contributed by atoms with Crippen LogP contribution in [0.4, 0.5) is 0 Å². The molecule has 1 unspecified atom stereocenters. The monoisotopic (exact) mass is 354 g/mol. The van der Waals surface area contributed by atoms with Crippen molar-refractivity contribution < 1.29 is 18.7 Å². The molecule has 7 nitrogen and oxygen atoms in total. The van der Waals surface area contributed by atoms with Crippen molar-refractivity contribution in [1.82, 2.24) is 9.88 Å². The maximum Gasteiger partial charge on any atom is 0.420 e. The maximum atomic E-state index is 12.3. The maximum absolute atomic E-state index is 12.3. The summed E-state index contributed by atoms with van der Waals surface area (Å²) in [6.45, 7) is 1.69. The number of fused-ring (bicyclic) bond motifs is 1. The van der Waals surface area contributed by atoms with Gasteiger partial charge in [0.1, 0.15) is 6.54 Å². The summed E-state index contributed by atoms with van der Waals surface area (Å²) in [5.74, 6) is -1.51. The molecule has 1 heterocycles. The van der Waals surface area contributed by atoms with E-state index in [1.165, 1.54) is 23.8 Å². The molecule has 0 saturated carbocycles. The van der Waals surface area contributed by atoms with Crippen molar-refractivity contribution >= 4 is 23.0 Å². The zero-order chi connectivity index (χ0) is 18.7. The minimum absolute atomic E-state index is 0.180. The van der Waals surface area contributed by atoms with Crippen molar-refractivity contribution in [2.45, 2.75) is 19.5 Å². The topological polar surface area (TPSA) is 90.5 Å². The molecule has 134 valence electrons. The number of carbonyl (C=O) groups is 2. The second-order valence-electron chi connectivity index (χ2n) is 5.83. The lowest BCUT2D eigenvalue weighted by atomic mass is 10.1. The largest absolute Gasteiger partial charge is 0.465 e. The summed E-state index contributed by atoms with van der Waals surface area (Å²) in [7, 11) is 1.27. The first kappa shape index (κ1) is 17.5. The van der Waals surface area contributed by atoms with Crippen LogP contribution in [0.25, 0.3) is 11.1 Å². The predicted molar refractivity (Wildman–Crippen MR) is 94.8 cm³/mol. The number of hydrogen-bond donors (Lipinski definition) is 1. The zero-order valence-electron chi connectivity index (χ0n) is 14.4. The number of carbonyl (C=O) groups excluding carboxylic acids is 2. The van der Waals surface area contributed by atoms with Gasteiger partial charge in [-0.2, -0.15) is 0 Å². The predicted octanol–water partition coefficient (Wildman–Crippen LogP) is 2.26. The van der Waals surface area contributed by atoms with E-state index in [2.05, 4.69) is 10.1 Å². The van der Waals surface area contributed by atoms with Crippen molar-refractivity contribution in [2.75, 3.05) is 7.11 Å². The zero-order valence-corrected chi connectivity index (χ0v) is 14.4. The molecule has 0 saturated heterocycles. The Morgan fingerprint density at radius 3 is 2.62 bits per heavy atom. The molecule has 1 amide bonds. The third-order valence-corrected chi connectivity index (χ3v) is 4.07. The number of oxazole rings is 1. The van der Waals surface area contributed by atoms with E-state index < -0.39 is 11.7 Å². The molecule has 1 atom stereocenters. The molecule has 0 spiro atoms. The standard InChI is InChI=1S/C19H18N2O5/c1-12(13-6-4-3-5-7-13)20-17(22)11-21-15-9-8-14(18(23)25-2)10-16(15)26-19(21)24/h3-10,12H,11H2,1-2H3,(H,20,22). The first-order valence-corrected chi connectivity index (χ1v) is 8.05. The number of esters is 1. The number of nitrogens with zero attached hydrogens (tertiary/aromatic N) is 1. The highest BCUT2D eigenvalue weighted by Gasteiger charge is 2.16. The molecule has 7 heteroatoms. The average molecular weight is 354 g/mol. The smallest absolute Gasteiger partial charge is 0.420 e. The molecule has 1 N–H and O–H groups in total. The molecule has 0 radical (unpaired) electrons. The highest BCUT2D eigenvalue weighted by Crippen LogP contribution is 2.16. The number of rotatable bonds is 5. The van der Waals surface area contributed by atoms with Gasteiger partial charge in [-0.05, 0) is 30.7 Å². The summed E-state index contributed by atoms with van der Waals surface area (Å²) in [6, 6.07) is 13.8. The van der Waals surface area contributed by atoms with Crippen LogP contribution < -0.4 is 11.1 Å². The Bertz CT molecular complexity index is 1000.